The molecule has 1 aliphatic heterocycles. The molecule has 1 aliphatic rings. The maximum Gasteiger partial charge on any atom is 0.188 e. The highest BCUT2D eigenvalue weighted by atomic mass is 35.5. The second kappa shape index (κ2) is 7.25. The molecule has 1 fully saturated rings. The molecule has 2 rings (SSSR count). The minimum absolute atomic E-state index is 0.0395. The molecule has 0 saturated carbocycles. The molecule has 3 nitrogen and oxygen atoms in total. The molecule has 0 spiro atoms. The lowest BCUT2D eigenvalue weighted by atomic mass is 10.1. The molecule has 0 aliphatic carbocycles. The predicted octanol–water partition coefficient (Wildman–Crippen LogP) is 3.76. The van der Waals surface area contributed by atoms with Crippen LogP contribution in [0.2, 0.25) is 10.0 Å². The van der Waals surface area contributed by atoms with Crippen LogP contribution in [0.15, 0.2) is 18.2 Å². The molecule has 0 N–H and O–H groups in total. The molecule has 1 aromatic carbocycles. The maximum atomic E-state index is 11.9. The number of Topliss-reactive ketones (excluding diaryl/α,β-unsaturated/α-hetero) is 1. The van der Waals surface area contributed by atoms with Crippen molar-refractivity contribution in [3.05, 3.63) is 33.8 Å². The SMILES string of the molecule is O=C(COCC1CCCCO1)c1ccc(Cl)c(Cl)c1. The molecule has 1 saturated heterocycles. The molecule has 1 unspecified atom stereocenters. The first-order valence-corrected chi connectivity index (χ1v) is 7.10. The quantitative estimate of drug-likeness (QED) is 0.777. The van der Waals surface area contributed by atoms with Crippen LogP contribution in [0.1, 0.15) is 29.6 Å². The minimum atomic E-state index is -0.102. The molecule has 0 aromatic heterocycles. The fraction of sp³-hybridized carbons (Fsp3) is 0.500. The Balaban J connectivity index is 1.78. The molecular formula is C14H16Cl2O3. The van der Waals surface area contributed by atoms with E-state index in [0.29, 0.717) is 22.2 Å². The van der Waals surface area contributed by atoms with Crippen LogP contribution in [0.25, 0.3) is 0 Å². The molecule has 0 bridgehead atoms. The van der Waals surface area contributed by atoms with Gasteiger partial charge < -0.3 is 9.47 Å². The van der Waals surface area contributed by atoms with Gasteiger partial charge in [-0.05, 0) is 37.5 Å². The molecule has 1 heterocycles. The van der Waals surface area contributed by atoms with E-state index in [9.17, 15) is 4.79 Å². The summed E-state index contributed by atoms with van der Waals surface area (Å²) in [5, 5.41) is 0.817. The molecular weight excluding hydrogens is 287 g/mol. The van der Waals surface area contributed by atoms with Crippen molar-refractivity contribution in [1.82, 2.24) is 0 Å². The van der Waals surface area contributed by atoms with Crippen LogP contribution in [-0.4, -0.2) is 31.7 Å². The highest BCUT2D eigenvalue weighted by Gasteiger charge is 2.15. The predicted molar refractivity (Wildman–Crippen MR) is 75.2 cm³/mol. The van der Waals surface area contributed by atoms with Gasteiger partial charge in [0.15, 0.2) is 5.78 Å². The van der Waals surface area contributed by atoms with Crippen molar-refractivity contribution in [3.63, 3.8) is 0 Å². The van der Waals surface area contributed by atoms with Crippen molar-refractivity contribution >= 4 is 29.0 Å². The Bertz CT molecular complexity index is 442. The number of hydrogen-bond donors (Lipinski definition) is 0. The molecule has 1 aromatic rings. The van der Waals surface area contributed by atoms with Crippen molar-refractivity contribution in [2.75, 3.05) is 19.8 Å². The Morgan fingerprint density at radius 3 is 2.84 bits per heavy atom. The zero-order valence-electron chi connectivity index (χ0n) is 10.5. The van der Waals surface area contributed by atoms with Gasteiger partial charge in [0.05, 0.1) is 22.8 Å². The minimum Gasteiger partial charge on any atom is -0.376 e. The van der Waals surface area contributed by atoms with E-state index in [4.69, 9.17) is 32.7 Å². The summed E-state index contributed by atoms with van der Waals surface area (Å²) in [5.41, 5.74) is 0.513. The van der Waals surface area contributed by atoms with Crippen molar-refractivity contribution in [1.29, 1.82) is 0 Å². The van der Waals surface area contributed by atoms with Crippen LogP contribution in [0.3, 0.4) is 0 Å². The number of carbonyl (C=O) groups is 1. The van der Waals surface area contributed by atoms with Crippen molar-refractivity contribution in [2.45, 2.75) is 25.4 Å². The van der Waals surface area contributed by atoms with Crippen LogP contribution in [-0.2, 0) is 9.47 Å². The van der Waals surface area contributed by atoms with Crippen molar-refractivity contribution in [2.24, 2.45) is 0 Å². The van der Waals surface area contributed by atoms with Gasteiger partial charge in [0.2, 0.25) is 0 Å². The number of halogens is 2. The van der Waals surface area contributed by atoms with Crippen molar-refractivity contribution < 1.29 is 14.3 Å². The Morgan fingerprint density at radius 1 is 1.32 bits per heavy atom. The third-order valence-electron chi connectivity index (χ3n) is 3.05. The highest BCUT2D eigenvalue weighted by Crippen LogP contribution is 2.22. The first-order valence-electron chi connectivity index (χ1n) is 6.34. The smallest absolute Gasteiger partial charge is 0.188 e. The Labute approximate surface area is 122 Å². The van der Waals surface area contributed by atoms with Gasteiger partial charge in [-0.1, -0.05) is 23.2 Å². The zero-order valence-corrected chi connectivity index (χ0v) is 12.0. The van der Waals surface area contributed by atoms with Gasteiger partial charge in [-0.15, -0.1) is 0 Å². The lowest BCUT2D eigenvalue weighted by Crippen LogP contribution is -2.25. The van der Waals surface area contributed by atoms with E-state index in [0.717, 1.165) is 25.9 Å². The summed E-state index contributed by atoms with van der Waals surface area (Å²) >= 11 is 11.7. The largest absolute Gasteiger partial charge is 0.376 e. The summed E-state index contributed by atoms with van der Waals surface area (Å²) < 4.78 is 10.9. The van der Waals surface area contributed by atoms with E-state index in [2.05, 4.69) is 0 Å². The maximum absolute atomic E-state index is 11.9. The molecule has 0 amide bonds. The van der Waals surface area contributed by atoms with Gasteiger partial charge in [-0.2, -0.15) is 0 Å². The first-order chi connectivity index (χ1) is 9.16. The Kier molecular flexibility index (Phi) is 5.64. The standard InChI is InChI=1S/C14H16Cl2O3/c15-12-5-4-10(7-13(12)16)14(17)9-18-8-11-3-1-2-6-19-11/h4-5,7,11H,1-3,6,8-9H2. The van der Waals surface area contributed by atoms with Gasteiger partial charge >= 0.3 is 0 Å². The van der Waals surface area contributed by atoms with Gasteiger partial charge in [-0.25, -0.2) is 0 Å². The van der Waals surface area contributed by atoms with E-state index in [1.807, 2.05) is 0 Å². The molecule has 0 radical (unpaired) electrons. The third kappa shape index (κ3) is 4.46. The average molecular weight is 303 g/mol. The lowest BCUT2D eigenvalue weighted by molar-refractivity contribution is -0.0370. The molecule has 5 heteroatoms. The summed E-state index contributed by atoms with van der Waals surface area (Å²) in [5.74, 6) is -0.102. The van der Waals surface area contributed by atoms with Gasteiger partial charge in [0.25, 0.3) is 0 Å². The van der Waals surface area contributed by atoms with Gasteiger partial charge in [0.1, 0.15) is 6.61 Å². The second-order valence-electron chi connectivity index (χ2n) is 4.56. The first kappa shape index (κ1) is 14.8. The van der Waals surface area contributed by atoms with Crippen LogP contribution < -0.4 is 0 Å². The van der Waals surface area contributed by atoms with Crippen LogP contribution in [0.5, 0.6) is 0 Å². The fourth-order valence-electron chi connectivity index (χ4n) is 1.97. The monoisotopic (exact) mass is 302 g/mol. The van der Waals surface area contributed by atoms with Crippen LogP contribution >= 0.6 is 23.2 Å². The van der Waals surface area contributed by atoms with Crippen LogP contribution in [0, 0.1) is 0 Å². The van der Waals surface area contributed by atoms with Crippen molar-refractivity contribution in [3.8, 4) is 0 Å². The fourth-order valence-corrected chi connectivity index (χ4v) is 2.27. The highest BCUT2D eigenvalue weighted by molar-refractivity contribution is 6.42. The number of ketones is 1. The normalized spacial score (nSPS) is 19.4. The molecule has 104 valence electrons. The van der Waals surface area contributed by atoms with Gasteiger partial charge in [-0.3, -0.25) is 4.79 Å². The number of hydrogen-bond acceptors (Lipinski definition) is 3. The van der Waals surface area contributed by atoms with E-state index in [-0.39, 0.29) is 18.5 Å². The third-order valence-corrected chi connectivity index (χ3v) is 3.79. The number of ether oxygens (including phenoxy) is 2. The number of benzene rings is 1. The number of carbonyl (C=O) groups excluding carboxylic acids is 1. The van der Waals surface area contributed by atoms with Crippen LogP contribution in [0.4, 0.5) is 0 Å². The van der Waals surface area contributed by atoms with E-state index >= 15 is 0 Å². The van der Waals surface area contributed by atoms with E-state index < -0.39 is 0 Å². The zero-order chi connectivity index (χ0) is 13.7. The van der Waals surface area contributed by atoms with Gasteiger partial charge in [0, 0.05) is 12.2 Å². The lowest BCUT2D eigenvalue weighted by Gasteiger charge is -2.22. The summed E-state index contributed by atoms with van der Waals surface area (Å²) in [4.78, 5) is 11.9. The summed E-state index contributed by atoms with van der Waals surface area (Å²) in [6, 6.07) is 4.82. The summed E-state index contributed by atoms with van der Waals surface area (Å²) in [7, 11) is 0. The average Bonchev–Trinajstić information content (AvgIpc) is 2.43. The molecule has 19 heavy (non-hydrogen) atoms. The second-order valence-corrected chi connectivity index (χ2v) is 5.37. The molecule has 1 atom stereocenters. The topological polar surface area (TPSA) is 35.5 Å². The van der Waals surface area contributed by atoms with E-state index in [1.165, 1.54) is 0 Å². The Hall–Kier alpha value is -0.610. The number of rotatable bonds is 5. The van der Waals surface area contributed by atoms with E-state index in [1.54, 1.807) is 18.2 Å². The summed E-state index contributed by atoms with van der Waals surface area (Å²) in [6.45, 7) is 1.29. The summed E-state index contributed by atoms with van der Waals surface area (Å²) in [6.07, 6.45) is 3.39. The Morgan fingerprint density at radius 2 is 2.16 bits per heavy atom.